The van der Waals surface area contributed by atoms with Crippen LogP contribution in [0.25, 0.3) is 0 Å². The molecule has 0 spiro atoms. The van der Waals surface area contributed by atoms with Gasteiger partial charge in [0.05, 0.1) is 34.4 Å². The SMILES string of the molecule is CC/C=C\C/C=C\C/C=C\C/C=C\C/C=C\C/C=C\C/C=C\C/C=C\C/C=C\C/C=C\CCCCCCCCCCC(=O)OC(COC(=O)CCCCCCC/C=C\C/C=C\C/C=C\C/C=C\C/C=C\C/C=C\C/C=C\CC)COC(OCC[N+](C)(C)C)C(=O)O. The van der Waals surface area contributed by atoms with Crippen LogP contribution in [-0.4, -0.2) is 87.4 Å². The van der Waals surface area contributed by atoms with Crippen LogP contribution in [0.5, 0.6) is 0 Å². The molecule has 0 aliphatic rings. The first-order valence-electron chi connectivity index (χ1n) is 35.2. The van der Waals surface area contributed by atoms with E-state index in [1.807, 2.05) is 21.1 Å². The van der Waals surface area contributed by atoms with Gasteiger partial charge >= 0.3 is 17.9 Å². The number of unbranched alkanes of at least 4 members (excludes halogenated alkanes) is 13. The van der Waals surface area contributed by atoms with E-state index >= 15 is 0 Å². The maximum absolute atomic E-state index is 13.0. The number of hydrogen-bond acceptors (Lipinski definition) is 7. The molecule has 0 aliphatic heterocycles. The summed E-state index contributed by atoms with van der Waals surface area (Å²) in [7, 11) is 5.95. The number of ether oxygens (including phenoxy) is 4. The molecule has 0 saturated carbocycles. The van der Waals surface area contributed by atoms with Crippen LogP contribution in [0.2, 0.25) is 0 Å². The number of likely N-dealkylation sites (N-methyl/N-ethyl adjacent to an activating group) is 1. The highest BCUT2D eigenvalue weighted by atomic mass is 16.7. The van der Waals surface area contributed by atoms with Crippen LogP contribution in [0.1, 0.15) is 232 Å². The Balaban J connectivity index is 4.26. The Morgan fingerprint density at radius 1 is 0.330 bits per heavy atom. The summed E-state index contributed by atoms with van der Waals surface area (Å²) < 4.78 is 22.9. The van der Waals surface area contributed by atoms with Crippen LogP contribution < -0.4 is 0 Å². The molecule has 0 aromatic rings. The third kappa shape index (κ3) is 71.2. The number of aliphatic carboxylic acids is 1. The average molecular weight is 1260 g/mol. The van der Waals surface area contributed by atoms with Gasteiger partial charge in [0.2, 0.25) is 0 Å². The van der Waals surface area contributed by atoms with Crippen LogP contribution in [0.3, 0.4) is 0 Å². The molecule has 0 bridgehead atoms. The van der Waals surface area contributed by atoms with Crippen molar-refractivity contribution in [3.8, 4) is 0 Å². The lowest BCUT2D eigenvalue weighted by Crippen LogP contribution is -2.40. The molecule has 0 aliphatic carbocycles. The van der Waals surface area contributed by atoms with Crippen LogP contribution in [-0.2, 0) is 33.3 Å². The van der Waals surface area contributed by atoms with Crippen molar-refractivity contribution in [2.75, 3.05) is 47.5 Å². The molecule has 0 fully saturated rings. The predicted molar refractivity (Wildman–Crippen MR) is 391 cm³/mol. The van der Waals surface area contributed by atoms with Crippen LogP contribution in [0.15, 0.2) is 207 Å². The molecular formula is C82H128NO8+. The van der Waals surface area contributed by atoms with E-state index in [1.165, 1.54) is 25.7 Å². The monoisotopic (exact) mass is 1250 g/mol. The minimum atomic E-state index is -1.53. The molecule has 0 heterocycles. The lowest BCUT2D eigenvalue weighted by molar-refractivity contribution is -0.870. The standard InChI is InChI=1S/C82H127NO8/c1-6-8-10-12-14-16-18-20-22-24-26-28-30-32-34-35-36-37-38-39-40-41-42-43-44-45-47-49-51-53-55-57-59-61-63-65-67-69-71-73-80(85)91-78(77-90-82(81(86)87)88-75-74-83(3,4)5)76-89-79(84)72-70-68-66-64-62-60-58-56-54-52-50-48-46-33-31-29-27-25-23-21-19-17-15-13-11-9-7-2/h8-11,14-17,20-23,26-29,32-34,36-37,39-40,42-43,45-47,50-53,56,58,78,82H,6-7,12-13,18-19,24-25,30-31,35,38,41,44,48-49,54-55,57,59-77H2,1-5H3/p+1/b10-8-,11-9-,16-14-,17-15-,22-20-,23-21-,28-26-,29-27-,34-32-,37-36-,40-39-,43-42-,46-33-,47-45-,52-50-,53-51-,58-56-. The second kappa shape index (κ2) is 69.8. The van der Waals surface area contributed by atoms with Gasteiger partial charge in [0, 0.05) is 12.8 Å². The van der Waals surface area contributed by atoms with E-state index in [4.69, 9.17) is 18.9 Å². The smallest absolute Gasteiger partial charge is 0.361 e. The van der Waals surface area contributed by atoms with Crippen LogP contribution in [0.4, 0.5) is 0 Å². The van der Waals surface area contributed by atoms with Gasteiger partial charge in [-0.2, -0.15) is 0 Å². The van der Waals surface area contributed by atoms with E-state index in [0.717, 1.165) is 167 Å². The fourth-order valence-corrected chi connectivity index (χ4v) is 8.73. The molecule has 2 atom stereocenters. The summed E-state index contributed by atoms with van der Waals surface area (Å²) in [6.45, 7) is 4.59. The van der Waals surface area contributed by atoms with Gasteiger partial charge in [-0.25, -0.2) is 4.79 Å². The zero-order valence-electron chi connectivity index (χ0n) is 57.9. The highest BCUT2D eigenvalue weighted by molar-refractivity contribution is 5.71. The minimum absolute atomic E-state index is 0.170. The molecule has 91 heavy (non-hydrogen) atoms. The van der Waals surface area contributed by atoms with Gasteiger partial charge in [-0.1, -0.05) is 278 Å². The molecule has 9 nitrogen and oxygen atoms in total. The molecule has 0 rings (SSSR count). The molecule has 0 aromatic carbocycles. The number of carboxylic acids is 1. The number of rotatable bonds is 62. The summed E-state index contributed by atoms with van der Waals surface area (Å²) in [6.07, 6.45) is 106. The number of carbonyl (C=O) groups excluding carboxylic acids is 2. The molecule has 0 saturated heterocycles. The van der Waals surface area contributed by atoms with E-state index < -0.39 is 24.3 Å². The first-order valence-corrected chi connectivity index (χ1v) is 35.2. The maximum atomic E-state index is 13.0. The molecule has 2 unspecified atom stereocenters. The Morgan fingerprint density at radius 2 is 0.593 bits per heavy atom. The Labute approximate surface area is 556 Å². The largest absolute Gasteiger partial charge is 0.477 e. The fraction of sp³-hybridized carbons (Fsp3) is 0.549. The summed E-state index contributed by atoms with van der Waals surface area (Å²) in [5, 5.41) is 9.75. The van der Waals surface area contributed by atoms with Crippen molar-refractivity contribution in [3.63, 3.8) is 0 Å². The second-order valence-electron chi connectivity index (χ2n) is 23.7. The van der Waals surface area contributed by atoms with Gasteiger partial charge in [0.1, 0.15) is 13.2 Å². The summed E-state index contributed by atoms with van der Waals surface area (Å²) in [5.74, 6) is -2.07. The first-order chi connectivity index (χ1) is 44.6. The van der Waals surface area contributed by atoms with Crippen LogP contribution in [0, 0.1) is 0 Å². The van der Waals surface area contributed by atoms with Crippen molar-refractivity contribution in [1.82, 2.24) is 0 Å². The number of carbonyl (C=O) groups is 3. The Bertz CT molecular complexity index is 2250. The van der Waals surface area contributed by atoms with Gasteiger partial charge in [-0.05, 0) is 148 Å². The highest BCUT2D eigenvalue weighted by Gasteiger charge is 2.25. The molecular weight excluding hydrogens is 1130 g/mol. The summed E-state index contributed by atoms with van der Waals surface area (Å²) in [6, 6.07) is 0. The van der Waals surface area contributed by atoms with Crippen molar-refractivity contribution in [2.45, 2.75) is 245 Å². The first kappa shape index (κ1) is 84.9. The van der Waals surface area contributed by atoms with E-state index in [2.05, 4.69) is 220 Å². The molecule has 0 radical (unpaired) electrons. The number of allylic oxidation sites excluding steroid dienone is 34. The molecule has 508 valence electrons. The number of hydrogen-bond donors (Lipinski definition) is 1. The predicted octanol–water partition coefficient (Wildman–Crippen LogP) is 22.4. The quantitative estimate of drug-likeness (QED) is 0.0211. The third-order valence-corrected chi connectivity index (χ3v) is 14.0. The van der Waals surface area contributed by atoms with E-state index in [1.54, 1.807) is 0 Å². The van der Waals surface area contributed by atoms with Crippen molar-refractivity contribution in [3.05, 3.63) is 207 Å². The molecule has 1 N–H and O–H groups in total. The average Bonchev–Trinajstić information content (AvgIpc) is 3.46. The third-order valence-electron chi connectivity index (χ3n) is 14.0. The molecule has 0 aromatic heterocycles. The summed E-state index contributed by atoms with van der Waals surface area (Å²) >= 11 is 0. The van der Waals surface area contributed by atoms with Gasteiger partial charge in [0.15, 0.2) is 6.10 Å². The van der Waals surface area contributed by atoms with Gasteiger partial charge in [-0.3, -0.25) is 9.59 Å². The van der Waals surface area contributed by atoms with Crippen molar-refractivity contribution in [1.29, 1.82) is 0 Å². The molecule has 9 heteroatoms. The fourth-order valence-electron chi connectivity index (χ4n) is 8.73. The van der Waals surface area contributed by atoms with Gasteiger partial charge in [-0.15, -0.1) is 0 Å². The van der Waals surface area contributed by atoms with Crippen molar-refractivity contribution >= 4 is 17.9 Å². The van der Waals surface area contributed by atoms with Gasteiger partial charge in [0.25, 0.3) is 6.29 Å². The maximum Gasteiger partial charge on any atom is 0.361 e. The zero-order chi connectivity index (χ0) is 66.1. The summed E-state index contributed by atoms with van der Waals surface area (Å²) in [4.78, 5) is 37.6. The highest BCUT2D eigenvalue weighted by Crippen LogP contribution is 2.14. The zero-order valence-corrected chi connectivity index (χ0v) is 57.9. The topological polar surface area (TPSA) is 108 Å². The van der Waals surface area contributed by atoms with Crippen LogP contribution >= 0.6 is 0 Å². The van der Waals surface area contributed by atoms with E-state index in [9.17, 15) is 19.5 Å². The molecule has 0 amide bonds. The van der Waals surface area contributed by atoms with Gasteiger partial charge < -0.3 is 28.5 Å². The summed E-state index contributed by atoms with van der Waals surface area (Å²) in [5.41, 5.74) is 0. The number of carboxylic acid groups (broad SMARTS) is 1. The Kier molecular flexibility index (Phi) is 65.1. The van der Waals surface area contributed by atoms with E-state index in [-0.39, 0.29) is 38.6 Å². The van der Waals surface area contributed by atoms with Crippen molar-refractivity contribution in [2.24, 2.45) is 0 Å². The lowest BCUT2D eigenvalue weighted by Gasteiger charge is -2.25. The van der Waals surface area contributed by atoms with Crippen molar-refractivity contribution < 1.29 is 42.9 Å². The normalized spacial score (nSPS) is 14.0. The lowest BCUT2D eigenvalue weighted by atomic mass is 10.1. The minimum Gasteiger partial charge on any atom is -0.477 e. The number of esters is 2. The second-order valence-corrected chi connectivity index (χ2v) is 23.7. The number of quaternary nitrogens is 1. The number of nitrogens with zero attached hydrogens (tertiary/aromatic N) is 1. The Morgan fingerprint density at radius 3 is 0.879 bits per heavy atom. The van der Waals surface area contributed by atoms with E-state index in [0.29, 0.717) is 23.9 Å². The Hall–Kier alpha value is -6.13.